The maximum Gasteiger partial charge on any atom is 0.200 e. The van der Waals surface area contributed by atoms with Crippen molar-refractivity contribution < 1.29 is 18.3 Å². The molecule has 0 amide bonds. The van der Waals surface area contributed by atoms with Crippen LogP contribution in [0.5, 0.6) is 5.75 Å². The van der Waals surface area contributed by atoms with Crippen molar-refractivity contribution in [1.82, 2.24) is 0 Å². The molecular weight excluding hydrogens is 226 g/mol. The molecule has 0 aliphatic heterocycles. The van der Waals surface area contributed by atoms with Crippen LogP contribution in [0.3, 0.4) is 0 Å². The van der Waals surface area contributed by atoms with Gasteiger partial charge in [-0.3, -0.25) is 0 Å². The van der Waals surface area contributed by atoms with Crippen molar-refractivity contribution >= 4 is 0 Å². The van der Waals surface area contributed by atoms with E-state index in [0.717, 1.165) is 6.07 Å². The molecule has 0 aliphatic carbocycles. The molecule has 0 spiro atoms. The second-order valence-electron chi connectivity index (χ2n) is 2.79. The van der Waals surface area contributed by atoms with Gasteiger partial charge in [-0.1, -0.05) is 26.0 Å². The standard InChI is InChI=1S/C11H12F2O2.C2H6/c1-14-7-2-3-8-15-10-6-4-5-9(12)11(10)13;1-2/h2-6H,7-8H2,1H3;1-2H3/b3-2+;. The van der Waals surface area contributed by atoms with Crippen LogP contribution in [-0.2, 0) is 4.74 Å². The van der Waals surface area contributed by atoms with Gasteiger partial charge >= 0.3 is 0 Å². The quantitative estimate of drug-likeness (QED) is 0.737. The lowest BCUT2D eigenvalue weighted by atomic mass is 10.3. The van der Waals surface area contributed by atoms with E-state index in [4.69, 9.17) is 9.47 Å². The Bertz CT molecular complexity index is 338. The first-order valence-corrected chi connectivity index (χ1v) is 5.46. The van der Waals surface area contributed by atoms with Crippen LogP contribution in [0.15, 0.2) is 30.4 Å². The van der Waals surface area contributed by atoms with E-state index in [0.29, 0.717) is 6.61 Å². The summed E-state index contributed by atoms with van der Waals surface area (Å²) in [7, 11) is 1.57. The molecule has 1 rings (SSSR count). The summed E-state index contributed by atoms with van der Waals surface area (Å²) < 4.78 is 35.5. The summed E-state index contributed by atoms with van der Waals surface area (Å²) in [6, 6.07) is 3.82. The van der Waals surface area contributed by atoms with Crippen LogP contribution < -0.4 is 4.74 Å². The van der Waals surface area contributed by atoms with E-state index in [1.165, 1.54) is 12.1 Å². The van der Waals surface area contributed by atoms with E-state index < -0.39 is 11.6 Å². The highest BCUT2D eigenvalue weighted by atomic mass is 19.2. The molecule has 0 atom stereocenters. The van der Waals surface area contributed by atoms with Crippen molar-refractivity contribution in [1.29, 1.82) is 0 Å². The van der Waals surface area contributed by atoms with E-state index in [1.807, 2.05) is 13.8 Å². The third kappa shape index (κ3) is 6.02. The van der Waals surface area contributed by atoms with Gasteiger partial charge in [0.05, 0.1) is 6.61 Å². The average Bonchev–Trinajstić information content (AvgIpc) is 2.36. The lowest BCUT2D eigenvalue weighted by Gasteiger charge is -2.04. The molecular formula is C13H18F2O2. The first-order chi connectivity index (χ1) is 8.25. The fourth-order valence-electron chi connectivity index (χ4n) is 0.966. The van der Waals surface area contributed by atoms with Gasteiger partial charge in [0.25, 0.3) is 0 Å². The zero-order chi connectivity index (χ0) is 13.1. The van der Waals surface area contributed by atoms with Gasteiger partial charge in [0.2, 0.25) is 5.82 Å². The van der Waals surface area contributed by atoms with Gasteiger partial charge in [0.1, 0.15) is 6.61 Å². The molecule has 96 valence electrons. The maximum atomic E-state index is 13.0. The number of hydrogen-bond donors (Lipinski definition) is 0. The van der Waals surface area contributed by atoms with Crippen molar-refractivity contribution in [3.05, 3.63) is 42.0 Å². The SMILES string of the molecule is CC.COC/C=C/COc1cccc(F)c1F. The van der Waals surface area contributed by atoms with Crippen molar-refractivity contribution in [2.75, 3.05) is 20.3 Å². The molecule has 1 aromatic rings. The predicted octanol–water partition coefficient (Wildman–Crippen LogP) is 3.57. The van der Waals surface area contributed by atoms with Gasteiger partial charge in [0.15, 0.2) is 11.6 Å². The number of ether oxygens (including phenoxy) is 2. The Morgan fingerprint density at radius 2 is 1.76 bits per heavy atom. The highest BCUT2D eigenvalue weighted by Gasteiger charge is 2.07. The smallest absolute Gasteiger partial charge is 0.200 e. The zero-order valence-corrected chi connectivity index (χ0v) is 10.4. The van der Waals surface area contributed by atoms with E-state index >= 15 is 0 Å². The van der Waals surface area contributed by atoms with Gasteiger partial charge in [0, 0.05) is 7.11 Å². The number of rotatable bonds is 5. The van der Waals surface area contributed by atoms with Crippen molar-refractivity contribution in [2.45, 2.75) is 13.8 Å². The van der Waals surface area contributed by atoms with Crippen molar-refractivity contribution in [3.8, 4) is 5.75 Å². The van der Waals surface area contributed by atoms with Crippen LogP contribution in [0.1, 0.15) is 13.8 Å². The summed E-state index contributed by atoms with van der Waals surface area (Å²) >= 11 is 0. The summed E-state index contributed by atoms with van der Waals surface area (Å²) in [5.74, 6) is -1.96. The largest absolute Gasteiger partial charge is 0.486 e. The molecule has 0 saturated carbocycles. The lowest BCUT2D eigenvalue weighted by molar-refractivity contribution is 0.233. The molecule has 0 fully saturated rings. The fraction of sp³-hybridized carbons (Fsp3) is 0.385. The van der Waals surface area contributed by atoms with E-state index in [2.05, 4.69) is 0 Å². The van der Waals surface area contributed by atoms with E-state index in [9.17, 15) is 8.78 Å². The summed E-state index contributed by atoms with van der Waals surface area (Å²) in [6.07, 6.45) is 3.41. The highest BCUT2D eigenvalue weighted by Crippen LogP contribution is 2.18. The molecule has 0 bridgehead atoms. The number of halogens is 2. The minimum absolute atomic E-state index is 0.0860. The number of benzene rings is 1. The number of hydrogen-bond acceptors (Lipinski definition) is 2. The Morgan fingerprint density at radius 1 is 1.12 bits per heavy atom. The lowest BCUT2D eigenvalue weighted by Crippen LogP contribution is -1.98. The average molecular weight is 244 g/mol. The normalized spacial score (nSPS) is 9.94. The summed E-state index contributed by atoms with van der Waals surface area (Å²) in [4.78, 5) is 0. The van der Waals surface area contributed by atoms with Gasteiger partial charge < -0.3 is 9.47 Å². The molecule has 4 heteroatoms. The number of methoxy groups -OCH3 is 1. The molecule has 0 saturated heterocycles. The van der Waals surface area contributed by atoms with Crippen LogP contribution in [0, 0.1) is 11.6 Å². The first kappa shape index (κ1) is 15.6. The minimum Gasteiger partial charge on any atom is -0.486 e. The monoisotopic (exact) mass is 244 g/mol. The Balaban J connectivity index is 0.00000121. The molecule has 0 radical (unpaired) electrons. The molecule has 0 aliphatic rings. The summed E-state index contributed by atoms with van der Waals surface area (Å²) in [6.45, 7) is 4.65. The molecule has 0 N–H and O–H groups in total. The Labute approximate surface area is 101 Å². The second-order valence-corrected chi connectivity index (χ2v) is 2.79. The van der Waals surface area contributed by atoms with Crippen LogP contribution in [-0.4, -0.2) is 20.3 Å². The fourth-order valence-corrected chi connectivity index (χ4v) is 0.966. The third-order valence-corrected chi connectivity index (χ3v) is 1.68. The Hall–Kier alpha value is -1.42. The summed E-state index contributed by atoms with van der Waals surface area (Å²) in [5.41, 5.74) is 0. The molecule has 0 heterocycles. The topological polar surface area (TPSA) is 18.5 Å². The van der Waals surface area contributed by atoms with Crippen molar-refractivity contribution in [2.24, 2.45) is 0 Å². The van der Waals surface area contributed by atoms with E-state index in [-0.39, 0.29) is 12.4 Å². The second kappa shape index (κ2) is 9.78. The summed E-state index contributed by atoms with van der Waals surface area (Å²) in [5, 5.41) is 0. The minimum atomic E-state index is -0.961. The van der Waals surface area contributed by atoms with Gasteiger partial charge in [-0.2, -0.15) is 4.39 Å². The maximum absolute atomic E-state index is 13.0. The van der Waals surface area contributed by atoms with Gasteiger partial charge in [-0.25, -0.2) is 4.39 Å². The Kier molecular flexibility index (Phi) is 8.96. The van der Waals surface area contributed by atoms with Crippen LogP contribution in [0.2, 0.25) is 0 Å². The first-order valence-electron chi connectivity index (χ1n) is 5.46. The van der Waals surface area contributed by atoms with Crippen LogP contribution in [0.25, 0.3) is 0 Å². The van der Waals surface area contributed by atoms with Crippen LogP contribution in [0.4, 0.5) is 8.78 Å². The van der Waals surface area contributed by atoms with E-state index in [1.54, 1.807) is 19.3 Å². The molecule has 1 aromatic carbocycles. The molecule has 17 heavy (non-hydrogen) atoms. The van der Waals surface area contributed by atoms with Gasteiger partial charge in [-0.15, -0.1) is 0 Å². The molecule has 2 nitrogen and oxygen atoms in total. The highest BCUT2D eigenvalue weighted by molar-refractivity contribution is 5.25. The third-order valence-electron chi connectivity index (χ3n) is 1.68. The predicted molar refractivity (Wildman–Crippen MR) is 64.2 cm³/mol. The van der Waals surface area contributed by atoms with Crippen LogP contribution >= 0.6 is 0 Å². The molecule has 0 unspecified atom stereocenters. The molecule has 0 aromatic heterocycles. The van der Waals surface area contributed by atoms with Crippen molar-refractivity contribution in [3.63, 3.8) is 0 Å². The zero-order valence-electron chi connectivity index (χ0n) is 10.4. The van der Waals surface area contributed by atoms with Gasteiger partial charge in [-0.05, 0) is 18.2 Å². The Morgan fingerprint density at radius 3 is 2.41 bits per heavy atom.